The lowest BCUT2D eigenvalue weighted by Gasteiger charge is -2.42. The Morgan fingerprint density at radius 1 is 1.35 bits per heavy atom. The number of alkyl halides is 3. The number of carbonyl (C=O) groups excluding carboxylic acids is 2. The molecule has 7 nitrogen and oxygen atoms in total. The molecule has 2 rings (SSSR count). The Labute approximate surface area is 150 Å². The van der Waals surface area contributed by atoms with E-state index in [-0.39, 0.29) is 36.6 Å². The number of aryl methyl sites for hydroxylation is 1. The van der Waals surface area contributed by atoms with Gasteiger partial charge in [-0.1, -0.05) is 0 Å². The van der Waals surface area contributed by atoms with Crippen LogP contribution >= 0.6 is 0 Å². The first kappa shape index (κ1) is 20.2. The maximum Gasteiger partial charge on any atom is 0.435 e. The molecular formula is C16H24F3N5O2. The summed E-state index contributed by atoms with van der Waals surface area (Å²) in [6.45, 7) is 6.26. The minimum absolute atomic E-state index is 0.136. The molecule has 146 valence electrons. The fraction of sp³-hybridized carbons (Fsp3) is 0.688. The zero-order chi connectivity index (χ0) is 19.6. The van der Waals surface area contributed by atoms with Gasteiger partial charge in [-0.2, -0.15) is 18.3 Å². The van der Waals surface area contributed by atoms with Gasteiger partial charge in [0.25, 0.3) is 0 Å². The molecule has 1 aliphatic heterocycles. The highest BCUT2D eigenvalue weighted by Gasteiger charge is 2.36. The Balaban J connectivity index is 2.11. The fourth-order valence-corrected chi connectivity index (χ4v) is 3.08. The number of nitrogens with one attached hydrogen (secondary N) is 1. The van der Waals surface area contributed by atoms with Crippen molar-refractivity contribution in [3.05, 3.63) is 17.5 Å². The third-order valence-corrected chi connectivity index (χ3v) is 4.54. The van der Waals surface area contributed by atoms with Crippen LogP contribution in [0.2, 0.25) is 0 Å². The van der Waals surface area contributed by atoms with Crippen LogP contribution in [0.1, 0.15) is 25.2 Å². The highest BCUT2D eigenvalue weighted by atomic mass is 19.4. The van der Waals surface area contributed by atoms with Crippen LogP contribution in [0.25, 0.3) is 0 Å². The molecule has 1 fully saturated rings. The number of halogens is 3. The predicted molar refractivity (Wildman–Crippen MR) is 88.2 cm³/mol. The molecule has 0 bridgehead atoms. The maximum absolute atomic E-state index is 12.7. The molecule has 0 aliphatic carbocycles. The molecule has 26 heavy (non-hydrogen) atoms. The number of aromatic nitrogens is 2. The molecular weight excluding hydrogens is 351 g/mol. The molecule has 1 aromatic rings. The lowest BCUT2D eigenvalue weighted by molar-refractivity contribution is -0.143. The van der Waals surface area contributed by atoms with Crippen molar-refractivity contribution >= 4 is 11.8 Å². The van der Waals surface area contributed by atoms with Crippen molar-refractivity contribution < 1.29 is 22.8 Å². The van der Waals surface area contributed by atoms with E-state index < -0.39 is 17.9 Å². The monoisotopic (exact) mass is 375 g/mol. The van der Waals surface area contributed by atoms with Crippen LogP contribution in [0, 0.1) is 6.92 Å². The largest absolute Gasteiger partial charge is 0.435 e. The van der Waals surface area contributed by atoms with Crippen LogP contribution in [0.3, 0.4) is 0 Å². The van der Waals surface area contributed by atoms with Crippen molar-refractivity contribution in [2.75, 3.05) is 26.7 Å². The van der Waals surface area contributed by atoms with Gasteiger partial charge >= 0.3 is 6.18 Å². The van der Waals surface area contributed by atoms with Gasteiger partial charge in [0.1, 0.15) is 12.6 Å². The summed E-state index contributed by atoms with van der Waals surface area (Å²) in [7, 11) is 1.54. The summed E-state index contributed by atoms with van der Waals surface area (Å²) < 4.78 is 39.3. The number of hydrogen-bond acceptors (Lipinski definition) is 4. The summed E-state index contributed by atoms with van der Waals surface area (Å²) >= 11 is 0. The predicted octanol–water partition coefficient (Wildman–Crippen LogP) is 0.878. The Hall–Kier alpha value is -2.10. The quantitative estimate of drug-likeness (QED) is 0.848. The summed E-state index contributed by atoms with van der Waals surface area (Å²) in [6, 6.07) is 0.566. The van der Waals surface area contributed by atoms with Crippen LogP contribution < -0.4 is 5.32 Å². The molecule has 1 atom stereocenters. The second kappa shape index (κ2) is 7.65. The van der Waals surface area contributed by atoms with E-state index in [0.717, 1.165) is 10.7 Å². The summed E-state index contributed by atoms with van der Waals surface area (Å²) in [6.07, 6.45) is -4.55. The number of carbonyl (C=O) groups is 2. The van der Waals surface area contributed by atoms with Crippen LogP contribution in [0.5, 0.6) is 0 Å². The molecule has 0 spiro atoms. The van der Waals surface area contributed by atoms with Gasteiger partial charge in [0.2, 0.25) is 11.8 Å². The van der Waals surface area contributed by atoms with E-state index >= 15 is 0 Å². The number of likely N-dealkylation sites (N-methyl/N-ethyl adjacent to an activating group) is 1. The lowest BCUT2D eigenvalue weighted by Crippen LogP contribution is -2.61. The Kier molecular flexibility index (Phi) is 5.94. The second-order valence-electron chi connectivity index (χ2n) is 6.63. The van der Waals surface area contributed by atoms with Crippen LogP contribution in [0.4, 0.5) is 13.2 Å². The zero-order valence-corrected chi connectivity index (χ0v) is 15.3. The molecule has 2 heterocycles. The van der Waals surface area contributed by atoms with E-state index in [1.807, 2.05) is 18.7 Å². The third kappa shape index (κ3) is 4.35. The van der Waals surface area contributed by atoms with Gasteiger partial charge in [0, 0.05) is 38.4 Å². The van der Waals surface area contributed by atoms with Gasteiger partial charge in [-0.15, -0.1) is 0 Å². The standard InChI is InChI=1S/C16H24F3N5O2/c1-10(2)23-6-5-22(8-12(23)15(26)20-4)14(25)9-24-11(3)7-13(21-24)16(17,18)19/h7,10,12H,5-6,8-9H2,1-4H3,(H,20,26)/t12-/m0/s1. The van der Waals surface area contributed by atoms with Crippen molar-refractivity contribution in [3.8, 4) is 0 Å². The molecule has 0 saturated carbocycles. The van der Waals surface area contributed by atoms with Crippen molar-refractivity contribution in [2.24, 2.45) is 0 Å². The second-order valence-corrected chi connectivity index (χ2v) is 6.63. The first-order valence-corrected chi connectivity index (χ1v) is 8.41. The molecule has 1 aliphatic rings. The van der Waals surface area contributed by atoms with Gasteiger partial charge in [-0.05, 0) is 26.8 Å². The summed E-state index contributed by atoms with van der Waals surface area (Å²) in [5.74, 6) is -0.548. The summed E-state index contributed by atoms with van der Waals surface area (Å²) in [4.78, 5) is 28.2. The van der Waals surface area contributed by atoms with Gasteiger partial charge < -0.3 is 10.2 Å². The number of piperazine rings is 1. The number of amides is 2. The Bertz CT molecular complexity index is 671. The number of hydrogen-bond donors (Lipinski definition) is 1. The molecule has 2 amide bonds. The van der Waals surface area contributed by atoms with E-state index in [2.05, 4.69) is 10.4 Å². The topological polar surface area (TPSA) is 70.5 Å². The van der Waals surface area contributed by atoms with Gasteiger partial charge in [-0.3, -0.25) is 19.2 Å². The Morgan fingerprint density at radius 3 is 2.50 bits per heavy atom. The van der Waals surface area contributed by atoms with Gasteiger partial charge in [0.15, 0.2) is 5.69 Å². The molecule has 1 N–H and O–H groups in total. The van der Waals surface area contributed by atoms with E-state index in [1.165, 1.54) is 18.9 Å². The maximum atomic E-state index is 12.7. The van der Waals surface area contributed by atoms with E-state index in [0.29, 0.717) is 13.1 Å². The minimum atomic E-state index is -4.55. The van der Waals surface area contributed by atoms with Crippen molar-refractivity contribution in [2.45, 2.75) is 45.6 Å². The number of rotatable bonds is 4. The SMILES string of the molecule is CNC(=O)[C@@H]1CN(C(=O)Cn2nc(C(F)(F)F)cc2C)CCN1C(C)C. The third-order valence-electron chi connectivity index (χ3n) is 4.54. The van der Waals surface area contributed by atoms with Crippen molar-refractivity contribution in [3.63, 3.8) is 0 Å². The number of nitrogens with zero attached hydrogens (tertiary/aromatic N) is 4. The van der Waals surface area contributed by atoms with Gasteiger partial charge in [-0.25, -0.2) is 0 Å². The van der Waals surface area contributed by atoms with Gasteiger partial charge in [0.05, 0.1) is 0 Å². The molecule has 1 aromatic heterocycles. The molecule has 0 aromatic carbocycles. The lowest BCUT2D eigenvalue weighted by atomic mass is 10.1. The molecule has 1 saturated heterocycles. The van der Waals surface area contributed by atoms with Crippen molar-refractivity contribution in [1.82, 2.24) is 24.9 Å². The van der Waals surface area contributed by atoms with Crippen molar-refractivity contribution in [1.29, 1.82) is 0 Å². The Morgan fingerprint density at radius 2 is 2.00 bits per heavy atom. The molecule has 10 heteroatoms. The summed E-state index contributed by atoms with van der Waals surface area (Å²) in [5.41, 5.74) is -0.759. The molecule has 0 radical (unpaired) electrons. The minimum Gasteiger partial charge on any atom is -0.358 e. The van der Waals surface area contributed by atoms with E-state index in [9.17, 15) is 22.8 Å². The zero-order valence-electron chi connectivity index (χ0n) is 15.3. The van der Waals surface area contributed by atoms with Crippen LogP contribution in [-0.2, 0) is 22.3 Å². The van der Waals surface area contributed by atoms with Crippen LogP contribution in [-0.4, -0.2) is 70.2 Å². The average molecular weight is 375 g/mol. The fourth-order valence-electron chi connectivity index (χ4n) is 3.08. The summed E-state index contributed by atoms with van der Waals surface area (Å²) in [5, 5.41) is 6.08. The van der Waals surface area contributed by atoms with E-state index in [4.69, 9.17) is 0 Å². The molecule has 0 unspecified atom stereocenters. The van der Waals surface area contributed by atoms with E-state index in [1.54, 1.807) is 0 Å². The highest BCUT2D eigenvalue weighted by molar-refractivity contribution is 5.83. The van der Waals surface area contributed by atoms with Crippen LogP contribution in [0.15, 0.2) is 6.07 Å². The normalized spacial score (nSPS) is 19.1. The first-order valence-electron chi connectivity index (χ1n) is 8.41. The smallest absolute Gasteiger partial charge is 0.358 e. The first-order chi connectivity index (χ1) is 12.0. The highest BCUT2D eigenvalue weighted by Crippen LogP contribution is 2.28. The average Bonchev–Trinajstić information content (AvgIpc) is 2.94.